The van der Waals surface area contributed by atoms with Gasteiger partial charge in [0.25, 0.3) is 10.1 Å². The second-order valence-corrected chi connectivity index (χ2v) is 5.92. The van der Waals surface area contributed by atoms with Crippen molar-refractivity contribution >= 4 is 15.9 Å². The average molecular weight is 288 g/mol. The number of allylic oxidation sites excluding steroid dienone is 1. The van der Waals surface area contributed by atoms with Gasteiger partial charge in [-0.15, -0.1) is 0 Å². The van der Waals surface area contributed by atoms with Crippen molar-refractivity contribution in [2.24, 2.45) is 0 Å². The van der Waals surface area contributed by atoms with Crippen LogP contribution in [0.5, 0.6) is 5.75 Å². The lowest BCUT2D eigenvalue weighted by molar-refractivity contribution is 0.472. The molecule has 102 valence electrons. The quantitative estimate of drug-likeness (QED) is 0.863. The maximum absolute atomic E-state index is 11.6. The highest BCUT2D eigenvalue weighted by molar-refractivity contribution is 7.90. The summed E-state index contributed by atoms with van der Waals surface area (Å²) in [6, 6.07) is 16.1. The van der Waals surface area contributed by atoms with Crippen LogP contribution >= 0.6 is 0 Å². The van der Waals surface area contributed by atoms with Crippen LogP contribution in [0.25, 0.3) is 5.76 Å². The highest BCUT2D eigenvalue weighted by Gasteiger charge is 2.28. The Morgan fingerprint density at radius 2 is 1.60 bits per heavy atom. The zero-order valence-corrected chi connectivity index (χ0v) is 11.3. The summed E-state index contributed by atoms with van der Waals surface area (Å²) in [4.78, 5) is -0.109. The van der Waals surface area contributed by atoms with Crippen LogP contribution in [0.1, 0.15) is 11.1 Å². The van der Waals surface area contributed by atoms with Crippen molar-refractivity contribution < 1.29 is 17.7 Å². The fourth-order valence-electron chi connectivity index (χ4n) is 2.19. The van der Waals surface area contributed by atoms with Gasteiger partial charge in [-0.3, -0.25) is 4.55 Å². The molecule has 0 aliphatic carbocycles. The third-order valence-corrected chi connectivity index (χ3v) is 4.09. The van der Waals surface area contributed by atoms with Crippen molar-refractivity contribution in [3.63, 3.8) is 0 Å². The summed E-state index contributed by atoms with van der Waals surface area (Å²) in [5.74, 6) is 0.797. The van der Waals surface area contributed by atoms with Gasteiger partial charge in [0.05, 0.1) is 0 Å². The van der Waals surface area contributed by atoms with E-state index in [1.807, 2.05) is 12.1 Å². The molecule has 0 radical (unpaired) electrons. The fourth-order valence-corrected chi connectivity index (χ4v) is 2.92. The fraction of sp³-hybridized carbons (Fsp3) is 0.0667. The van der Waals surface area contributed by atoms with Crippen molar-refractivity contribution in [3.05, 3.63) is 70.6 Å². The molecular weight excluding hydrogens is 276 g/mol. The summed E-state index contributed by atoms with van der Waals surface area (Å²) < 4.78 is 38.3. The predicted molar refractivity (Wildman–Crippen MR) is 75.7 cm³/mol. The summed E-state index contributed by atoms with van der Waals surface area (Å²) in [5, 5.41) is 0. The van der Waals surface area contributed by atoms with E-state index in [9.17, 15) is 13.0 Å². The predicted octanol–water partition coefficient (Wildman–Crippen LogP) is 2.88. The van der Waals surface area contributed by atoms with Gasteiger partial charge in [-0.1, -0.05) is 48.5 Å². The Hall–Kier alpha value is -2.11. The minimum Gasteiger partial charge on any atom is -0.455 e. The largest absolute Gasteiger partial charge is 0.455 e. The summed E-state index contributed by atoms with van der Waals surface area (Å²) in [5.41, 5.74) is 1.36. The molecule has 0 unspecified atom stereocenters. The van der Waals surface area contributed by atoms with E-state index in [-0.39, 0.29) is 17.1 Å². The van der Waals surface area contributed by atoms with Crippen molar-refractivity contribution in [2.45, 2.75) is 6.42 Å². The van der Waals surface area contributed by atoms with Crippen molar-refractivity contribution in [1.82, 2.24) is 0 Å². The molecule has 4 nitrogen and oxygen atoms in total. The van der Waals surface area contributed by atoms with Crippen molar-refractivity contribution in [1.29, 1.82) is 0 Å². The van der Waals surface area contributed by atoms with Crippen LogP contribution in [0.3, 0.4) is 0 Å². The van der Waals surface area contributed by atoms with Gasteiger partial charge in [-0.05, 0) is 6.07 Å². The number of hydrogen-bond donors (Lipinski definition) is 1. The normalized spacial score (nSPS) is 14.7. The number of rotatable bonds is 2. The van der Waals surface area contributed by atoms with Crippen LogP contribution in [0.15, 0.2) is 59.5 Å². The van der Waals surface area contributed by atoms with Crippen LogP contribution in [-0.4, -0.2) is 13.0 Å². The van der Waals surface area contributed by atoms with Gasteiger partial charge < -0.3 is 4.74 Å². The van der Waals surface area contributed by atoms with Gasteiger partial charge in [0.15, 0.2) is 5.76 Å². The molecule has 1 aliphatic heterocycles. The van der Waals surface area contributed by atoms with Crippen LogP contribution in [0.2, 0.25) is 0 Å². The molecule has 0 bridgehead atoms. The first kappa shape index (κ1) is 12.9. The summed E-state index contributed by atoms with van der Waals surface area (Å²) in [6.45, 7) is 0. The molecule has 0 saturated carbocycles. The maximum atomic E-state index is 11.6. The Bertz CT molecular complexity index is 777. The molecule has 3 rings (SSSR count). The van der Waals surface area contributed by atoms with E-state index >= 15 is 0 Å². The molecule has 1 aliphatic rings. The second kappa shape index (κ2) is 4.77. The minimum absolute atomic E-state index is 0.109. The number of benzene rings is 2. The topological polar surface area (TPSA) is 63.6 Å². The molecule has 0 aromatic heterocycles. The van der Waals surface area contributed by atoms with Crippen LogP contribution in [0, 0.1) is 0 Å². The standard InChI is InChI=1S/C15H12O4S/c16-20(17,18)14-10-12-8-4-5-9-13(12)19-15(14)11-6-2-1-3-7-11/h1-9H,10H2,(H,16,17,18). The summed E-state index contributed by atoms with van der Waals surface area (Å²) in [6.07, 6.45) is 0.124. The molecule has 2 aromatic rings. The highest BCUT2D eigenvalue weighted by atomic mass is 32.2. The third-order valence-electron chi connectivity index (χ3n) is 3.14. The molecular formula is C15H12O4S. The first-order valence-corrected chi connectivity index (χ1v) is 7.51. The van der Waals surface area contributed by atoms with Crippen LogP contribution in [0.4, 0.5) is 0 Å². The molecule has 0 spiro atoms. The smallest absolute Gasteiger partial charge is 0.294 e. The SMILES string of the molecule is O=S(=O)(O)C1=C(c2ccccc2)Oc2ccccc2C1. The Balaban J connectivity index is 2.19. The monoisotopic (exact) mass is 288 g/mol. The first-order valence-electron chi connectivity index (χ1n) is 6.07. The van der Waals surface area contributed by atoms with E-state index in [0.29, 0.717) is 11.3 Å². The molecule has 1 N–H and O–H groups in total. The van der Waals surface area contributed by atoms with Gasteiger partial charge in [-0.2, -0.15) is 8.42 Å². The highest BCUT2D eigenvalue weighted by Crippen LogP contribution is 2.36. The van der Waals surface area contributed by atoms with Gasteiger partial charge in [0.2, 0.25) is 0 Å². The van der Waals surface area contributed by atoms with Crippen LogP contribution in [-0.2, 0) is 16.5 Å². The zero-order valence-electron chi connectivity index (χ0n) is 10.5. The Morgan fingerprint density at radius 1 is 0.950 bits per heavy atom. The lowest BCUT2D eigenvalue weighted by Gasteiger charge is -2.22. The molecule has 20 heavy (non-hydrogen) atoms. The van der Waals surface area contributed by atoms with E-state index in [1.54, 1.807) is 42.5 Å². The Kier molecular flexibility index (Phi) is 3.08. The average Bonchev–Trinajstić information content (AvgIpc) is 2.46. The lowest BCUT2D eigenvalue weighted by atomic mass is 10.0. The molecule has 0 fully saturated rings. The molecule has 0 saturated heterocycles. The number of hydrogen-bond acceptors (Lipinski definition) is 3. The third kappa shape index (κ3) is 2.33. The van der Waals surface area contributed by atoms with E-state index in [0.717, 1.165) is 5.56 Å². The van der Waals surface area contributed by atoms with E-state index in [4.69, 9.17) is 4.74 Å². The first-order chi connectivity index (χ1) is 9.55. The molecule has 0 amide bonds. The second-order valence-electron chi connectivity index (χ2n) is 4.48. The number of para-hydroxylation sites is 1. The Labute approximate surface area is 117 Å². The minimum atomic E-state index is -4.31. The molecule has 5 heteroatoms. The number of ether oxygens (including phenoxy) is 1. The van der Waals surface area contributed by atoms with Gasteiger partial charge in [0, 0.05) is 17.5 Å². The van der Waals surface area contributed by atoms with Gasteiger partial charge in [-0.25, -0.2) is 0 Å². The van der Waals surface area contributed by atoms with E-state index < -0.39 is 10.1 Å². The maximum Gasteiger partial charge on any atom is 0.294 e. The van der Waals surface area contributed by atoms with E-state index in [2.05, 4.69) is 0 Å². The molecule has 1 heterocycles. The Morgan fingerprint density at radius 3 is 2.30 bits per heavy atom. The molecule has 0 atom stereocenters. The van der Waals surface area contributed by atoms with Gasteiger partial charge in [0.1, 0.15) is 10.7 Å². The van der Waals surface area contributed by atoms with Crippen molar-refractivity contribution in [3.8, 4) is 5.75 Å². The summed E-state index contributed by atoms with van der Waals surface area (Å²) >= 11 is 0. The lowest BCUT2D eigenvalue weighted by Crippen LogP contribution is -2.16. The molecule has 2 aromatic carbocycles. The van der Waals surface area contributed by atoms with Gasteiger partial charge >= 0.3 is 0 Å². The number of fused-ring (bicyclic) bond motifs is 1. The zero-order chi connectivity index (χ0) is 14.2. The summed E-state index contributed by atoms with van der Waals surface area (Å²) in [7, 11) is -4.31. The van der Waals surface area contributed by atoms with Crippen molar-refractivity contribution in [2.75, 3.05) is 0 Å². The van der Waals surface area contributed by atoms with E-state index in [1.165, 1.54) is 0 Å². The van der Waals surface area contributed by atoms with Crippen LogP contribution < -0.4 is 4.74 Å².